The molecule has 0 saturated heterocycles. The van der Waals surface area contributed by atoms with Crippen LogP contribution in [0.5, 0.6) is 11.5 Å². The van der Waals surface area contributed by atoms with Gasteiger partial charge >= 0.3 is 0 Å². The van der Waals surface area contributed by atoms with E-state index in [-0.39, 0.29) is 11.7 Å². The summed E-state index contributed by atoms with van der Waals surface area (Å²) in [5.41, 5.74) is 4.50. The number of hydrogen-bond donors (Lipinski definition) is 1. The Morgan fingerprint density at radius 3 is 2.63 bits per heavy atom. The maximum atomic E-state index is 12.4. The van der Waals surface area contributed by atoms with Gasteiger partial charge in [0.25, 0.3) is 0 Å². The van der Waals surface area contributed by atoms with Crippen molar-refractivity contribution in [3.63, 3.8) is 0 Å². The zero-order chi connectivity index (χ0) is 24.2. The molecule has 9 nitrogen and oxygen atoms in total. The fourth-order valence-corrected chi connectivity index (χ4v) is 4.55. The molecule has 1 N–H and O–H groups in total. The Morgan fingerprint density at radius 1 is 1.00 bits per heavy atom. The van der Waals surface area contributed by atoms with Crippen LogP contribution in [-0.4, -0.2) is 56.6 Å². The highest BCUT2D eigenvalue weighted by molar-refractivity contribution is 7.99. The summed E-state index contributed by atoms with van der Waals surface area (Å²) in [6.45, 7) is 0.522. The molecule has 0 aliphatic heterocycles. The number of aromatic nitrogens is 5. The minimum Gasteiger partial charge on any atom is -0.493 e. The number of nitrogens with one attached hydrogen (secondary N) is 1. The maximum absolute atomic E-state index is 12.4. The van der Waals surface area contributed by atoms with Crippen molar-refractivity contribution in [2.75, 3.05) is 26.5 Å². The van der Waals surface area contributed by atoms with Crippen LogP contribution in [0.3, 0.4) is 0 Å². The first-order chi connectivity index (χ1) is 17.2. The molecular formula is C25H24N6O3S. The molecule has 0 fully saturated rings. The molecule has 0 aliphatic rings. The van der Waals surface area contributed by atoms with Crippen LogP contribution in [0.4, 0.5) is 0 Å². The molecule has 0 radical (unpaired) electrons. The van der Waals surface area contributed by atoms with Crippen molar-refractivity contribution in [3.8, 4) is 22.8 Å². The Labute approximate surface area is 206 Å². The van der Waals surface area contributed by atoms with Crippen LogP contribution in [0.25, 0.3) is 22.4 Å². The number of rotatable bonds is 9. The molecule has 35 heavy (non-hydrogen) atoms. The summed E-state index contributed by atoms with van der Waals surface area (Å²) in [5, 5.41) is 16.9. The van der Waals surface area contributed by atoms with Gasteiger partial charge in [-0.05, 0) is 30.2 Å². The Hall–Kier alpha value is -4.05. The molecule has 178 valence electrons. The summed E-state index contributed by atoms with van der Waals surface area (Å²) in [7, 11) is 3.21. The molecule has 3 heterocycles. The van der Waals surface area contributed by atoms with Crippen molar-refractivity contribution in [2.24, 2.45) is 0 Å². The molecule has 0 spiro atoms. The van der Waals surface area contributed by atoms with E-state index in [1.165, 1.54) is 11.8 Å². The average Bonchev–Trinajstić information content (AvgIpc) is 3.52. The number of ether oxygens (including phenoxy) is 2. The van der Waals surface area contributed by atoms with Crippen LogP contribution in [0, 0.1) is 0 Å². The summed E-state index contributed by atoms with van der Waals surface area (Å²) in [5.74, 6) is 1.53. The topological polar surface area (TPSA) is 95.0 Å². The van der Waals surface area contributed by atoms with Gasteiger partial charge in [0.05, 0.1) is 25.7 Å². The lowest BCUT2D eigenvalue weighted by atomic mass is 10.1. The van der Waals surface area contributed by atoms with Gasteiger partial charge in [0.15, 0.2) is 22.3 Å². The Morgan fingerprint density at radius 2 is 1.83 bits per heavy atom. The van der Waals surface area contributed by atoms with E-state index in [1.807, 2.05) is 71.4 Å². The van der Waals surface area contributed by atoms with Crippen LogP contribution >= 0.6 is 11.8 Å². The molecule has 0 aliphatic carbocycles. The number of thioether (sulfide) groups is 1. The standard InChI is InChI=1S/C25H24N6O3S/c1-33-21-9-8-17(14-22(21)34-2)10-11-26-23(32)16-35-25-28-27-24-20-15-19(18-6-4-3-5-7-18)29-31(20)13-12-30(24)25/h3-9,12-15H,10-11,16H2,1-2H3,(H,26,32). The van der Waals surface area contributed by atoms with Gasteiger partial charge in [0.2, 0.25) is 5.91 Å². The highest BCUT2D eigenvalue weighted by atomic mass is 32.2. The van der Waals surface area contributed by atoms with Gasteiger partial charge in [-0.3, -0.25) is 9.20 Å². The molecule has 0 bridgehead atoms. The number of methoxy groups -OCH3 is 2. The fraction of sp³-hybridized carbons (Fsp3) is 0.200. The SMILES string of the molecule is COc1ccc(CCNC(=O)CSc2nnc3c4cc(-c5ccccc5)nn4ccn23)cc1OC. The van der Waals surface area contributed by atoms with Crippen molar-refractivity contribution in [3.05, 3.63) is 72.6 Å². The number of fused-ring (bicyclic) bond motifs is 3. The lowest BCUT2D eigenvalue weighted by Crippen LogP contribution is -2.27. The second-order valence-corrected chi connectivity index (χ2v) is 8.72. The van der Waals surface area contributed by atoms with E-state index in [0.717, 1.165) is 22.3 Å². The summed E-state index contributed by atoms with van der Waals surface area (Å²) in [6.07, 6.45) is 4.42. The molecule has 0 saturated carbocycles. The molecule has 0 unspecified atom stereocenters. The first kappa shape index (κ1) is 22.7. The van der Waals surface area contributed by atoms with E-state index >= 15 is 0 Å². The van der Waals surface area contributed by atoms with Gasteiger partial charge in [-0.1, -0.05) is 48.2 Å². The molecule has 0 atom stereocenters. The van der Waals surface area contributed by atoms with Gasteiger partial charge < -0.3 is 14.8 Å². The highest BCUT2D eigenvalue weighted by Crippen LogP contribution is 2.28. The third-order valence-corrected chi connectivity index (χ3v) is 6.52. The van der Waals surface area contributed by atoms with E-state index in [1.54, 1.807) is 18.7 Å². The second kappa shape index (κ2) is 10.1. The second-order valence-electron chi connectivity index (χ2n) is 7.78. The zero-order valence-electron chi connectivity index (χ0n) is 19.3. The molecule has 5 aromatic rings. The van der Waals surface area contributed by atoms with E-state index < -0.39 is 0 Å². The zero-order valence-corrected chi connectivity index (χ0v) is 20.2. The van der Waals surface area contributed by atoms with Crippen LogP contribution in [0.2, 0.25) is 0 Å². The van der Waals surface area contributed by atoms with Crippen LogP contribution < -0.4 is 14.8 Å². The van der Waals surface area contributed by atoms with Crippen molar-refractivity contribution in [1.29, 1.82) is 0 Å². The smallest absolute Gasteiger partial charge is 0.230 e. The fourth-order valence-electron chi connectivity index (χ4n) is 3.80. The van der Waals surface area contributed by atoms with E-state index in [4.69, 9.17) is 9.47 Å². The number of carbonyl (C=O) groups excluding carboxylic acids is 1. The third-order valence-electron chi connectivity index (χ3n) is 5.57. The van der Waals surface area contributed by atoms with E-state index in [0.29, 0.717) is 35.3 Å². The first-order valence-electron chi connectivity index (χ1n) is 11.0. The number of carbonyl (C=O) groups is 1. The maximum Gasteiger partial charge on any atom is 0.230 e. The summed E-state index contributed by atoms with van der Waals surface area (Å²) < 4.78 is 14.3. The molecular weight excluding hydrogens is 464 g/mol. The van der Waals surface area contributed by atoms with E-state index in [2.05, 4.69) is 20.6 Å². The Bertz CT molecular complexity index is 1480. The molecule has 2 aromatic carbocycles. The van der Waals surface area contributed by atoms with Crippen molar-refractivity contribution >= 4 is 28.8 Å². The van der Waals surface area contributed by atoms with Crippen LogP contribution in [0.15, 0.2) is 72.1 Å². The lowest BCUT2D eigenvalue weighted by molar-refractivity contribution is -0.118. The predicted molar refractivity (Wildman–Crippen MR) is 134 cm³/mol. The largest absolute Gasteiger partial charge is 0.493 e. The van der Waals surface area contributed by atoms with Gasteiger partial charge in [0, 0.05) is 24.5 Å². The normalized spacial score (nSPS) is 11.1. The number of benzene rings is 2. The monoisotopic (exact) mass is 488 g/mol. The minimum absolute atomic E-state index is 0.0657. The quantitative estimate of drug-likeness (QED) is 0.317. The molecule has 5 rings (SSSR count). The minimum atomic E-state index is -0.0657. The first-order valence-corrected chi connectivity index (χ1v) is 12.0. The van der Waals surface area contributed by atoms with Gasteiger partial charge in [-0.15, -0.1) is 10.2 Å². The highest BCUT2D eigenvalue weighted by Gasteiger charge is 2.14. The Balaban J connectivity index is 1.21. The van der Waals surface area contributed by atoms with Crippen LogP contribution in [-0.2, 0) is 11.2 Å². The number of hydrogen-bond acceptors (Lipinski definition) is 7. The number of amides is 1. The summed E-state index contributed by atoms with van der Waals surface area (Å²) in [4.78, 5) is 12.4. The van der Waals surface area contributed by atoms with Crippen molar-refractivity contribution in [1.82, 2.24) is 29.5 Å². The van der Waals surface area contributed by atoms with Crippen molar-refractivity contribution in [2.45, 2.75) is 11.6 Å². The summed E-state index contributed by atoms with van der Waals surface area (Å²) >= 11 is 1.34. The lowest BCUT2D eigenvalue weighted by Gasteiger charge is -2.10. The number of nitrogens with zero attached hydrogens (tertiary/aromatic N) is 5. The van der Waals surface area contributed by atoms with Gasteiger partial charge in [-0.25, -0.2) is 4.52 Å². The molecule has 10 heteroatoms. The average molecular weight is 489 g/mol. The third kappa shape index (κ3) is 4.78. The molecule has 1 amide bonds. The van der Waals surface area contributed by atoms with E-state index in [9.17, 15) is 4.79 Å². The predicted octanol–water partition coefficient (Wildman–Crippen LogP) is 3.51. The van der Waals surface area contributed by atoms with Gasteiger partial charge in [0.1, 0.15) is 5.52 Å². The molecule has 3 aromatic heterocycles. The Kier molecular flexibility index (Phi) is 6.53. The summed E-state index contributed by atoms with van der Waals surface area (Å²) in [6, 6.07) is 17.7. The van der Waals surface area contributed by atoms with Gasteiger partial charge in [-0.2, -0.15) is 5.10 Å². The van der Waals surface area contributed by atoms with Crippen molar-refractivity contribution < 1.29 is 14.3 Å². The van der Waals surface area contributed by atoms with Crippen LogP contribution in [0.1, 0.15) is 5.56 Å².